The van der Waals surface area contributed by atoms with Crippen molar-refractivity contribution >= 4 is 11.4 Å². The van der Waals surface area contributed by atoms with E-state index in [1.807, 2.05) is 24.3 Å². The Hall–Kier alpha value is -2.47. The molecule has 0 radical (unpaired) electrons. The van der Waals surface area contributed by atoms with E-state index in [0.29, 0.717) is 5.56 Å². The van der Waals surface area contributed by atoms with Gasteiger partial charge in [-0.15, -0.1) is 0 Å². The predicted molar refractivity (Wildman–Crippen MR) is 88.5 cm³/mol. The zero-order valence-electron chi connectivity index (χ0n) is 12.6. The number of benzene rings is 2. The minimum atomic E-state index is 0.700. The fourth-order valence-corrected chi connectivity index (χ4v) is 2.33. The lowest BCUT2D eigenvalue weighted by Crippen LogP contribution is -2.21. The summed E-state index contributed by atoms with van der Waals surface area (Å²) < 4.78 is 0. The molecule has 0 heterocycles. The third kappa shape index (κ3) is 4.00. The van der Waals surface area contributed by atoms with E-state index in [4.69, 9.17) is 5.26 Å². The van der Waals surface area contributed by atoms with E-state index in [1.165, 1.54) is 5.69 Å². The fourth-order valence-electron chi connectivity index (χ4n) is 2.33. The second-order valence-electron chi connectivity index (χ2n) is 4.88. The number of rotatable bonds is 6. The van der Waals surface area contributed by atoms with E-state index < -0.39 is 0 Å². The summed E-state index contributed by atoms with van der Waals surface area (Å²) in [6, 6.07) is 18.3. The molecule has 21 heavy (non-hydrogen) atoms. The Bertz CT molecular complexity index is 607. The molecule has 0 amide bonds. The summed E-state index contributed by atoms with van der Waals surface area (Å²) in [5, 5.41) is 12.3. The second-order valence-corrected chi connectivity index (χ2v) is 4.88. The van der Waals surface area contributed by atoms with Gasteiger partial charge in [-0.3, -0.25) is 0 Å². The van der Waals surface area contributed by atoms with Crippen molar-refractivity contribution in [3.63, 3.8) is 0 Å². The second kappa shape index (κ2) is 7.35. The first-order valence-corrected chi connectivity index (χ1v) is 7.34. The number of hydrogen-bond donors (Lipinski definition) is 1. The molecule has 0 aromatic heterocycles. The Balaban J connectivity index is 1.99. The van der Waals surface area contributed by atoms with Gasteiger partial charge in [0.25, 0.3) is 0 Å². The van der Waals surface area contributed by atoms with Crippen LogP contribution in [0.2, 0.25) is 0 Å². The molecule has 3 heteroatoms. The van der Waals surface area contributed by atoms with Crippen LogP contribution in [0.5, 0.6) is 0 Å². The van der Waals surface area contributed by atoms with Crippen LogP contribution in [0.3, 0.4) is 0 Å². The van der Waals surface area contributed by atoms with Gasteiger partial charge in [-0.2, -0.15) is 5.26 Å². The minimum Gasteiger partial charge on any atom is -0.381 e. The minimum absolute atomic E-state index is 0.700. The Kier molecular flexibility index (Phi) is 5.22. The van der Waals surface area contributed by atoms with Crippen LogP contribution < -0.4 is 10.2 Å². The average Bonchev–Trinajstić information content (AvgIpc) is 2.55. The zero-order chi connectivity index (χ0) is 15.1. The Morgan fingerprint density at radius 1 is 1.05 bits per heavy atom. The molecule has 0 unspecified atom stereocenters. The maximum Gasteiger partial charge on any atom is 0.0991 e. The highest BCUT2D eigenvalue weighted by atomic mass is 15.1. The number of nitrogens with one attached hydrogen (secondary N) is 1. The van der Waals surface area contributed by atoms with E-state index in [0.717, 1.165) is 30.9 Å². The smallest absolute Gasteiger partial charge is 0.0991 e. The number of nitriles is 1. The highest BCUT2D eigenvalue weighted by molar-refractivity contribution is 5.55. The molecule has 2 aromatic rings. The molecule has 0 aliphatic heterocycles. The number of nitrogens with zero attached hydrogens (tertiary/aromatic N) is 2. The van der Waals surface area contributed by atoms with Crippen LogP contribution in [0, 0.1) is 11.3 Å². The van der Waals surface area contributed by atoms with Crippen molar-refractivity contribution in [3.05, 3.63) is 59.7 Å². The van der Waals surface area contributed by atoms with Gasteiger partial charge in [0.2, 0.25) is 0 Å². The predicted octanol–water partition coefficient (Wildman–Crippen LogP) is 4.02. The largest absolute Gasteiger partial charge is 0.381 e. The third-order valence-electron chi connectivity index (χ3n) is 3.55. The van der Waals surface area contributed by atoms with Gasteiger partial charge in [-0.1, -0.05) is 12.1 Å². The molecule has 0 saturated carbocycles. The highest BCUT2D eigenvalue weighted by Gasteiger charge is 2.01. The summed E-state index contributed by atoms with van der Waals surface area (Å²) in [4.78, 5) is 2.32. The first-order chi connectivity index (χ1) is 10.3. The van der Waals surface area contributed by atoms with Crippen LogP contribution in [0.25, 0.3) is 0 Å². The van der Waals surface area contributed by atoms with Crippen molar-refractivity contribution in [1.29, 1.82) is 5.26 Å². The molecular formula is C18H21N3. The van der Waals surface area contributed by atoms with Gasteiger partial charge in [-0.25, -0.2) is 0 Å². The first kappa shape index (κ1) is 14.9. The maximum absolute atomic E-state index is 8.90. The van der Waals surface area contributed by atoms with Crippen molar-refractivity contribution < 1.29 is 0 Å². The molecule has 1 N–H and O–H groups in total. The van der Waals surface area contributed by atoms with Crippen molar-refractivity contribution in [1.82, 2.24) is 0 Å². The lowest BCUT2D eigenvalue weighted by atomic mass is 10.1. The van der Waals surface area contributed by atoms with E-state index in [1.54, 1.807) is 0 Å². The fraction of sp³-hybridized carbons (Fsp3) is 0.278. The quantitative estimate of drug-likeness (QED) is 0.868. The van der Waals surface area contributed by atoms with Gasteiger partial charge >= 0.3 is 0 Å². The topological polar surface area (TPSA) is 39.1 Å². The molecule has 0 atom stereocenters. The molecule has 2 aromatic carbocycles. The van der Waals surface area contributed by atoms with Gasteiger partial charge in [0, 0.05) is 31.0 Å². The third-order valence-corrected chi connectivity index (χ3v) is 3.55. The molecule has 108 valence electrons. The molecule has 0 aliphatic rings. The molecule has 3 nitrogen and oxygen atoms in total. The molecule has 0 aliphatic carbocycles. The number of anilines is 2. The molecule has 0 saturated heterocycles. The lowest BCUT2D eigenvalue weighted by Gasteiger charge is -2.21. The van der Waals surface area contributed by atoms with Crippen molar-refractivity contribution in [2.75, 3.05) is 23.3 Å². The first-order valence-electron chi connectivity index (χ1n) is 7.34. The van der Waals surface area contributed by atoms with Gasteiger partial charge in [-0.05, 0) is 55.8 Å². The van der Waals surface area contributed by atoms with Crippen molar-refractivity contribution in [2.24, 2.45) is 0 Å². The molecule has 0 fully saturated rings. The van der Waals surface area contributed by atoms with Crippen LogP contribution in [0.4, 0.5) is 11.4 Å². The monoisotopic (exact) mass is 279 g/mol. The summed E-state index contributed by atoms with van der Waals surface area (Å²) in [5.74, 6) is 0. The zero-order valence-corrected chi connectivity index (χ0v) is 12.6. The summed E-state index contributed by atoms with van der Waals surface area (Å²) in [6.07, 6.45) is 0. The maximum atomic E-state index is 8.90. The van der Waals surface area contributed by atoms with Crippen molar-refractivity contribution in [2.45, 2.75) is 20.4 Å². The normalized spacial score (nSPS) is 9.95. The van der Waals surface area contributed by atoms with Crippen molar-refractivity contribution in [3.8, 4) is 6.07 Å². The molecule has 2 rings (SSSR count). The van der Waals surface area contributed by atoms with Crippen LogP contribution in [0.1, 0.15) is 25.0 Å². The van der Waals surface area contributed by atoms with E-state index in [-0.39, 0.29) is 0 Å². The Labute approximate surface area is 126 Å². The SMILES string of the molecule is CCN(CC)c1ccc(NCc2cccc(C#N)c2)cc1. The van der Waals surface area contributed by atoms with Gasteiger partial charge in [0.15, 0.2) is 0 Å². The summed E-state index contributed by atoms with van der Waals surface area (Å²) in [6.45, 7) is 7.09. The van der Waals surface area contributed by atoms with Gasteiger partial charge in [0.1, 0.15) is 0 Å². The van der Waals surface area contributed by atoms with Gasteiger partial charge < -0.3 is 10.2 Å². The average molecular weight is 279 g/mol. The number of hydrogen-bond acceptors (Lipinski definition) is 3. The summed E-state index contributed by atoms with van der Waals surface area (Å²) in [5.41, 5.74) is 4.15. The van der Waals surface area contributed by atoms with E-state index in [2.05, 4.69) is 54.4 Å². The molecular weight excluding hydrogens is 258 g/mol. The lowest BCUT2D eigenvalue weighted by molar-refractivity contribution is 0.866. The summed E-state index contributed by atoms with van der Waals surface area (Å²) in [7, 11) is 0. The summed E-state index contributed by atoms with van der Waals surface area (Å²) >= 11 is 0. The Morgan fingerprint density at radius 2 is 1.76 bits per heavy atom. The van der Waals surface area contributed by atoms with E-state index >= 15 is 0 Å². The van der Waals surface area contributed by atoms with Crippen LogP contribution in [-0.2, 0) is 6.54 Å². The highest BCUT2D eigenvalue weighted by Crippen LogP contribution is 2.18. The molecule has 0 spiro atoms. The standard InChI is InChI=1S/C18H21N3/c1-3-21(4-2)18-10-8-17(9-11-18)20-14-16-7-5-6-15(12-16)13-19/h5-12,20H,3-4,14H2,1-2H3. The van der Waals surface area contributed by atoms with Gasteiger partial charge in [0.05, 0.1) is 11.6 Å². The Morgan fingerprint density at radius 3 is 2.38 bits per heavy atom. The van der Waals surface area contributed by atoms with Crippen LogP contribution in [-0.4, -0.2) is 13.1 Å². The van der Waals surface area contributed by atoms with Crippen LogP contribution in [0.15, 0.2) is 48.5 Å². The van der Waals surface area contributed by atoms with Crippen LogP contribution >= 0.6 is 0 Å². The van der Waals surface area contributed by atoms with E-state index in [9.17, 15) is 0 Å². The molecule has 0 bridgehead atoms.